The lowest BCUT2D eigenvalue weighted by Crippen LogP contribution is -2.47. The maximum absolute atomic E-state index is 13.1. The Hall–Kier alpha value is -2.30. The smallest absolute Gasteiger partial charge is 0.231 e. The summed E-state index contributed by atoms with van der Waals surface area (Å²) in [5.41, 5.74) is 5.05. The van der Waals surface area contributed by atoms with Gasteiger partial charge < -0.3 is 10.2 Å². The highest BCUT2D eigenvalue weighted by Crippen LogP contribution is 2.33. The molecule has 2 heterocycles. The minimum atomic E-state index is 0.133. The van der Waals surface area contributed by atoms with Crippen LogP contribution in [0.25, 0.3) is 0 Å². The lowest BCUT2D eigenvalue weighted by atomic mass is 9.99. The molecule has 24 heavy (non-hydrogen) atoms. The summed E-state index contributed by atoms with van der Waals surface area (Å²) in [5, 5.41) is 7.99. The van der Waals surface area contributed by atoms with Crippen molar-refractivity contribution in [1.29, 1.82) is 0 Å². The van der Waals surface area contributed by atoms with Gasteiger partial charge in [0, 0.05) is 30.9 Å². The zero-order valence-corrected chi connectivity index (χ0v) is 15.1. The van der Waals surface area contributed by atoms with Crippen LogP contribution in [0.3, 0.4) is 0 Å². The minimum absolute atomic E-state index is 0.133. The molecule has 1 N–H and O–H groups in total. The van der Waals surface area contributed by atoms with Crippen LogP contribution < -0.4 is 10.2 Å². The molecule has 0 saturated heterocycles. The van der Waals surface area contributed by atoms with Gasteiger partial charge in [0.25, 0.3) is 0 Å². The van der Waals surface area contributed by atoms with Crippen molar-refractivity contribution < 1.29 is 4.79 Å². The first-order valence-corrected chi connectivity index (χ1v) is 8.53. The second-order valence-electron chi connectivity index (χ2n) is 6.97. The van der Waals surface area contributed by atoms with Crippen molar-refractivity contribution in [2.45, 2.75) is 40.2 Å². The topological polar surface area (TPSA) is 50.2 Å². The normalized spacial score (nSPS) is 16.9. The Balaban J connectivity index is 1.91. The number of carbonyl (C=O) groups is 1. The highest BCUT2D eigenvalue weighted by Gasteiger charge is 2.30. The largest absolute Gasteiger partial charge is 0.379 e. The number of nitrogens with zero attached hydrogens (tertiary/aromatic N) is 3. The zero-order valence-electron chi connectivity index (χ0n) is 15.1. The standard InChI is InChI=1S/C19H26N4O/c1-12(2)17-11-23(18-9-7-6-8-16(18)20-17)19(24)10-15-13(3)21-22(5)14(15)4/h6-9,12,17,20H,10-11H2,1-5H3/t17-/m1/s1. The van der Waals surface area contributed by atoms with Gasteiger partial charge in [-0.3, -0.25) is 9.48 Å². The van der Waals surface area contributed by atoms with E-state index in [9.17, 15) is 4.79 Å². The number of aryl methyl sites for hydroxylation is 2. The molecule has 0 aliphatic carbocycles. The molecular formula is C19H26N4O. The number of para-hydroxylation sites is 2. The number of amides is 1. The number of carbonyl (C=O) groups excluding carboxylic acids is 1. The van der Waals surface area contributed by atoms with E-state index in [1.807, 2.05) is 54.7 Å². The third-order valence-corrected chi connectivity index (χ3v) is 5.01. The zero-order chi connectivity index (χ0) is 17.4. The number of anilines is 2. The first kappa shape index (κ1) is 16.6. The van der Waals surface area contributed by atoms with Gasteiger partial charge in [-0.15, -0.1) is 0 Å². The van der Waals surface area contributed by atoms with Gasteiger partial charge in [0.15, 0.2) is 0 Å². The maximum atomic E-state index is 13.1. The minimum Gasteiger partial charge on any atom is -0.379 e. The number of rotatable bonds is 3. The second-order valence-corrected chi connectivity index (χ2v) is 6.97. The quantitative estimate of drug-likeness (QED) is 0.943. The van der Waals surface area contributed by atoms with E-state index < -0.39 is 0 Å². The van der Waals surface area contributed by atoms with Gasteiger partial charge in [0.05, 0.1) is 23.5 Å². The average Bonchev–Trinajstić information content (AvgIpc) is 2.79. The fraction of sp³-hybridized carbons (Fsp3) is 0.474. The van der Waals surface area contributed by atoms with Gasteiger partial charge in [0.2, 0.25) is 5.91 Å². The Morgan fingerprint density at radius 2 is 2.04 bits per heavy atom. The molecule has 2 aromatic rings. The van der Waals surface area contributed by atoms with Crippen LogP contribution in [-0.2, 0) is 18.3 Å². The highest BCUT2D eigenvalue weighted by molar-refractivity contribution is 5.99. The SMILES string of the molecule is Cc1nn(C)c(C)c1CC(=O)N1C[C@H](C(C)C)Nc2ccccc21. The summed E-state index contributed by atoms with van der Waals surface area (Å²) in [6, 6.07) is 8.31. The molecule has 0 fully saturated rings. The van der Waals surface area contributed by atoms with Crippen LogP contribution in [0.15, 0.2) is 24.3 Å². The van der Waals surface area contributed by atoms with Crippen LogP contribution in [0.2, 0.25) is 0 Å². The number of fused-ring (bicyclic) bond motifs is 1. The lowest BCUT2D eigenvalue weighted by molar-refractivity contribution is -0.118. The van der Waals surface area contributed by atoms with Crippen LogP contribution in [0, 0.1) is 19.8 Å². The maximum Gasteiger partial charge on any atom is 0.231 e. The van der Waals surface area contributed by atoms with E-state index in [-0.39, 0.29) is 11.9 Å². The summed E-state index contributed by atoms with van der Waals surface area (Å²) < 4.78 is 1.85. The van der Waals surface area contributed by atoms with Gasteiger partial charge in [-0.05, 0) is 31.9 Å². The number of aromatic nitrogens is 2. The van der Waals surface area contributed by atoms with Gasteiger partial charge >= 0.3 is 0 Å². The van der Waals surface area contributed by atoms with Crippen molar-refractivity contribution in [3.05, 3.63) is 41.2 Å². The molecule has 0 saturated carbocycles. The summed E-state index contributed by atoms with van der Waals surface area (Å²) in [6.45, 7) is 9.06. The van der Waals surface area contributed by atoms with Crippen LogP contribution in [0.5, 0.6) is 0 Å². The average molecular weight is 326 g/mol. The molecule has 1 aliphatic rings. The number of hydrogen-bond donors (Lipinski definition) is 1. The van der Waals surface area contributed by atoms with Gasteiger partial charge in [-0.25, -0.2) is 0 Å². The third-order valence-electron chi connectivity index (χ3n) is 5.01. The highest BCUT2D eigenvalue weighted by atomic mass is 16.2. The molecule has 1 aromatic carbocycles. The van der Waals surface area contributed by atoms with Gasteiger partial charge in [-0.1, -0.05) is 26.0 Å². The predicted molar refractivity (Wildman–Crippen MR) is 97.4 cm³/mol. The summed E-state index contributed by atoms with van der Waals surface area (Å²) >= 11 is 0. The molecular weight excluding hydrogens is 300 g/mol. The molecule has 128 valence electrons. The van der Waals surface area contributed by atoms with Crippen molar-refractivity contribution in [3.63, 3.8) is 0 Å². The Morgan fingerprint density at radius 1 is 1.33 bits per heavy atom. The van der Waals surface area contributed by atoms with Gasteiger partial charge in [0.1, 0.15) is 0 Å². The molecule has 5 heteroatoms. The van der Waals surface area contributed by atoms with Crippen LogP contribution in [0.4, 0.5) is 11.4 Å². The molecule has 0 radical (unpaired) electrons. The van der Waals surface area contributed by atoms with Gasteiger partial charge in [-0.2, -0.15) is 5.10 Å². The van der Waals surface area contributed by atoms with Crippen LogP contribution >= 0.6 is 0 Å². The van der Waals surface area contributed by atoms with Crippen molar-refractivity contribution in [1.82, 2.24) is 9.78 Å². The number of benzene rings is 1. The fourth-order valence-electron chi connectivity index (χ4n) is 3.31. The first-order valence-electron chi connectivity index (χ1n) is 8.53. The predicted octanol–water partition coefficient (Wildman–Crippen LogP) is 3.06. The molecule has 5 nitrogen and oxygen atoms in total. The molecule has 0 bridgehead atoms. The van der Waals surface area contributed by atoms with Crippen molar-refractivity contribution in [2.75, 3.05) is 16.8 Å². The Kier molecular flexibility index (Phi) is 4.35. The molecule has 1 amide bonds. The van der Waals surface area contributed by atoms with Crippen molar-refractivity contribution in [2.24, 2.45) is 13.0 Å². The molecule has 1 atom stereocenters. The van der Waals surface area contributed by atoms with Crippen molar-refractivity contribution in [3.8, 4) is 0 Å². The lowest BCUT2D eigenvalue weighted by Gasteiger charge is -2.37. The van der Waals surface area contributed by atoms with E-state index in [1.165, 1.54) is 0 Å². The van der Waals surface area contributed by atoms with E-state index in [4.69, 9.17) is 0 Å². The second kappa shape index (κ2) is 6.30. The number of nitrogens with one attached hydrogen (secondary N) is 1. The molecule has 3 rings (SSSR count). The number of hydrogen-bond acceptors (Lipinski definition) is 3. The Bertz CT molecular complexity index is 763. The van der Waals surface area contributed by atoms with E-state index in [0.29, 0.717) is 18.9 Å². The summed E-state index contributed by atoms with van der Waals surface area (Å²) in [5.74, 6) is 0.587. The van der Waals surface area contributed by atoms with E-state index >= 15 is 0 Å². The molecule has 0 spiro atoms. The summed E-state index contributed by atoms with van der Waals surface area (Å²) in [6.07, 6.45) is 0.394. The molecule has 1 aliphatic heterocycles. The first-order chi connectivity index (χ1) is 11.4. The van der Waals surface area contributed by atoms with E-state index in [2.05, 4.69) is 24.3 Å². The van der Waals surface area contributed by atoms with Crippen LogP contribution in [-0.4, -0.2) is 28.3 Å². The molecule has 0 unspecified atom stereocenters. The molecule has 1 aromatic heterocycles. The Labute approximate surface area is 143 Å². The monoisotopic (exact) mass is 326 g/mol. The van der Waals surface area contributed by atoms with E-state index in [1.54, 1.807) is 0 Å². The van der Waals surface area contributed by atoms with E-state index in [0.717, 1.165) is 28.3 Å². The third kappa shape index (κ3) is 2.90. The fourth-order valence-corrected chi connectivity index (χ4v) is 3.31. The summed E-state index contributed by atoms with van der Waals surface area (Å²) in [4.78, 5) is 15.0. The van der Waals surface area contributed by atoms with Crippen molar-refractivity contribution >= 4 is 17.3 Å². The van der Waals surface area contributed by atoms with Crippen LogP contribution in [0.1, 0.15) is 30.8 Å². The Morgan fingerprint density at radius 3 is 2.67 bits per heavy atom. The summed E-state index contributed by atoms with van der Waals surface area (Å²) in [7, 11) is 1.92.